The molecular weight excluding hydrogens is 230 g/mol. The molecule has 0 radical (unpaired) electrons. The van der Waals surface area contributed by atoms with Gasteiger partial charge >= 0.3 is 0 Å². The van der Waals surface area contributed by atoms with Gasteiger partial charge in [-0.05, 0) is 19.4 Å². The number of nitrogens with zero attached hydrogens (tertiary/aromatic N) is 3. The van der Waals surface area contributed by atoms with E-state index in [0.717, 1.165) is 44.5 Å². The van der Waals surface area contributed by atoms with Crippen molar-refractivity contribution in [1.82, 2.24) is 19.9 Å². The number of nitrogens with one attached hydrogen (secondary N) is 1. The lowest BCUT2D eigenvalue weighted by Crippen LogP contribution is -1.99. The second kappa shape index (κ2) is 5.63. The molecule has 0 unspecified atom stereocenters. The third-order valence-electron chi connectivity index (χ3n) is 2.81. The minimum atomic E-state index is 0.154. The molecule has 18 heavy (non-hydrogen) atoms. The number of imidazole rings is 1. The highest BCUT2D eigenvalue weighted by molar-refractivity contribution is 5.82. The van der Waals surface area contributed by atoms with Crippen molar-refractivity contribution in [3.8, 4) is 0 Å². The van der Waals surface area contributed by atoms with E-state index in [0.29, 0.717) is 17.0 Å². The number of aromatic nitrogens is 4. The van der Waals surface area contributed by atoms with Crippen LogP contribution in [0, 0.1) is 0 Å². The third kappa shape index (κ3) is 2.86. The van der Waals surface area contributed by atoms with E-state index in [1.54, 1.807) is 0 Å². The van der Waals surface area contributed by atoms with Crippen molar-refractivity contribution in [1.29, 1.82) is 0 Å². The highest BCUT2D eigenvalue weighted by Crippen LogP contribution is 2.17. The summed E-state index contributed by atoms with van der Waals surface area (Å²) in [6.07, 6.45) is 5.33. The van der Waals surface area contributed by atoms with Crippen LogP contribution in [0.3, 0.4) is 0 Å². The average Bonchev–Trinajstić information content (AvgIpc) is 2.72. The summed E-state index contributed by atoms with van der Waals surface area (Å²) in [5, 5.41) is 0. The summed E-state index contributed by atoms with van der Waals surface area (Å²) < 4.78 is 0. The summed E-state index contributed by atoms with van der Waals surface area (Å²) >= 11 is 0. The molecule has 2 aromatic heterocycles. The van der Waals surface area contributed by atoms with Crippen LogP contribution in [0.5, 0.6) is 0 Å². The van der Waals surface area contributed by atoms with Crippen LogP contribution in [0.25, 0.3) is 11.2 Å². The zero-order chi connectivity index (χ0) is 13.0. The Hall–Kier alpha value is -1.89. The summed E-state index contributed by atoms with van der Waals surface area (Å²) in [6, 6.07) is 0. The fourth-order valence-electron chi connectivity index (χ4n) is 1.89. The van der Waals surface area contributed by atoms with Gasteiger partial charge in [-0.1, -0.05) is 12.8 Å². The number of nitrogens with two attached hydrogens (primary N) is 3. The summed E-state index contributed by atoms with van der Waals surface area (Å²) in [5.41, 5.74) is 17.9. The first-order valence-electron chi connectivity index (χ1n) is 6.18. The number of rotatable bonds is 6. The van der Waals surface area contributed by atoms with E-state index in [1.807, 2.05) is 0 Å². The van der Waals surface area contributed by atoms with Crippen LogP contribution in [-0.2, 0) is 6.42 Å². The smallest absolute Gasteiger partial charge is 0.224 e. The fourth-order valence-corrected chi connectivity index (χ4v) is 1.89. The van der Waals surface area contributed by atoms with Gasteiger partial charge in [0, 0.05) is 6.42 Å². The Morgan fingerprint density at radius 1 is 0.944 bits per heavy atom. The molecule has 2 rings (SSSR count). The summed E-state index contributed by atoms with van der Waals surface area (Å²) in [4.78, 5) is 15.4. The van der Waals surface area contributed by atoms with Gasteiger partial charge in [-0.25, -0.2) is 4.98 Å². The maximum absolute atomic E-state index is 5.75. The number of unbranched alkanes of at least 4 members (excludes halogenated alkanes) is 3. The van der Waals surface area contributed by atoms with Gasteiger partial charge in [0.2, 0.25) is 5.95 Å². The first kappa shape index (κ1) is 12.6. The molecule has 0 aliphatic carbocycles. The first-order valence-corrected chi connectivity index (χ1v) is 6.18. The van der Waals surface area contributed by atoms with Crippen molar-refractivity contribution >= 4 is 22.9 Å². The molecule has 0 aliphatic heterocycles. The van der Waals surface area contributed by atoms with E-state index in [1.165, 1.54) is 0 Å². The number of anilines is 2. The first-order chi connectivity index (χ1) is 8.70. The number of H-pyrrole nitrogens is 1. The molecule has 7 heteroatoms. The number of hydrogen-bond donors (Lipinski definition) is 4. The molecule has 7 N–H and O–H groups in total. The Labute approximate surface area is 105 Å². The Bertz CT molecular complexity index is 519. The standard InChI is InChI=1S/C11H19N7/c12-6-4-2-1-3-5-7-15-8-9(13)17-11(14)18-10(8)16-7/h1-6,12H2,(H5,13,14,15,16,17,18). The molecule has 0 spiro atoms. The van der Waals surface area contributed by atoms with E-state index in [2.05, 4.69) is 19.9 Å². The fraction of sp³-hybridized carbons (Fsp3) is 0.545. The van der Waals surface area contributed by atoms with Crippen LogP contribution >= 0.6 is 0 Å². The minimum Gasteiger partial charge on any atom is -0.382 e. The lowest BCUT2D eigenvalue weighted by Gasteiger charge is -1.97. The average molecular weight is 249 g/mol. The summed E-state index contributed by atoms with van der Waals surface area (Å²) in [7, 11) is 0. The maximum atomic E-state index is 5.75. The molecule has 0 saturated carbocycles. The van der Waals surface area contributed by atoms with Gasteiger partial charge in [0.15, 0.2) is 11.5 Å². The molecule has 0 aromatic carbocycles. The van der Waals surface area contributed by atoms with Gasteiger partial charge in [0.25, 0.3) is 0 Å². The zero-order valence-corrected chi connectivity index (χ0v) is 10.3. The van der Waals surface area contributed by atoms with Crippen molar-refractivity contribution in [2.45, 2.75) is 32.1 Å². The normalized spacial score (nSPS) is 11.2. The van der Waals surface area contributed by atoms with E-state index in [9.17, 15) is 0 Å². The van der Waals surface area contributed by atoms with E-state index in [-0.39, 0.29) is 5.95 Å². The SMILES string of the molecule is NCCCCCCc1nc2nc(N)nc(N)c2[nH]1. The molecular formula is C11H19N7. The van der Waals surface area contributed by atoms with Crippen LogP contribution in [0.1, 0.15) is 31.5 Å². The predicted molar refractivity (Wildman–Crippen MR) is 71.7 cm³/mol. The maximum Gasteiger partial charge on any atom is 0.224 e. The van der Waals surface area contributed by atoms with Crippen LogP contribution < -0.4 is 17.2 Å². The number of aryl methyl sites for hydroxylation is 1. The summed E-state index contributed by atoms with van der Waals surface area (Å²) in [6.45, 7) is 0.760. The van der Waals surface area contributed by atoms with Gasteiger partial charge in [-0.2, -0.15) is 9.97 Å². The van der Waals surface area contributed by atoms with Gasteiger partial charge in [0.05, 0.1) is 0 Å². The molecule has 7 nitrogen and oxygen atoms in total. The molecule has 2 heterocycles. The Morgan fingerprint density at radius 3 is 2.50 bits per heavy atom. The highest BCUT2D eigenvalue weighted by Gasteiger charge is 2.08. The van der Waals surface area contributed by atoms with Crippen molar-refractivity contribution in [3.63, 3.8) is 0 Å². The van der Waals surface area contributed by atoms with Crippen LogP contribution in [0.2, 0.25) is 0 Å². The largest absolute Gasteiger partial charge is 0.382 e. The highest BCUT2D eigenvalue weighted by atomic mass is 15.1. The number of aromatic amines is 1. The van der Waals surface area contributed by atoms with Crippen LogP contribution in [0.15, 0.2) is 0 Å². The molecule has 0 saturated heterocycles. The number of hydrogen-bond acceptors (Lipinski definition) is 6. The molecule has 0 amide bonds. The van der Waals surface area contributed by atoms with E-state index in [4.69, 9.17) is 17.2 Å². The third-order valence-corrected chi connectivity index (χ3v) is 2.81. The predicted octanol–water partition coefficient (Wildman–Crippen LogP) is 0.579. The van der Waals surface area contributed by atoms with Crippen LogP contribution in [0.4, 0.5) is 11.8 Å². The lowest BCUT2D eigenvalue weighted by molar-refractivity contribution is 0.638. The molecule has 0 atom stereocenters. The monoisotopic (exact) mass is 249 g/mol. The zero-order valence-electron chi connectivity index (χ0n) is 10.3. The van der Waals surface area contributed by atoms with Crippen molar-refractivity contribution in [2.75, 3.05) is 18.0 Å². The Balaban J connectivity index is 2.00. The molecule has 0 fully saturated rings. The Kier molecular flexibility index (Phi) is 3.93. The Morgan fingerprint density at radius 2 is 1.72 bits per heavy atom. The van der Waals surface area contributed by atoms with Crippen molar-refractivity contribution < 1.29 is 0 Å². The topological polar surface area (TPSA) is 133 Å². The second-order valence-corrected chi connectivity index (χ2v) is 4.30. The minimum absolute atomic E-state index is 0.154. The quantitative estimate of drug-likeness (QED) is 0.553. The van der Waals surface area contributed by atoms with Gasteiger partial charge in [-0.15, -0.1) is 0 Å². The molecule has 98 valence electrons. The number of fused-ring (bicyclic) bond motifs is 1. The van der Waals surface area contributed by atoms with Gasteiger partial charge in [-0.3, -0.25) is 0 Å². The lowest BCUT2D eigenvalue weighted by atomic mass is 10.1. The van der Waals surface area contributed by atoms with E-state index < -0.39 is 0 Å². The molecule has 2 aromatic rings. The van der Waals surface area contributed by atoms with Gasteiger partial charge in [0.1, 0.15) is 11.3 Å². The molecule has 0 bridgehead atoms. The summed E-state index contributed by atoms with van der Waals surface area (Å²) in [5.74, 6) is 1.38. The number of nitrogen functional groups attached to an aromatic ring is 2. The van der Waals surface area contributed by atoms with Crippen molar-refractivity contribution in [3.05, 3.63) is 5.82 Å². The van der Waals surface area contributed by atoms with Crippen molar-refractivity contribution in [2.24, 2.45) is 5.73 Å². The van der Waals surface area contributed by atoms with E-state index >= 15 is 0 Å². The second-order valence-electron chi connectivity index (χ2n) is 4.30. The van der Waals surface area contributed by atoms with Crippen LogP contribution in [-0.4, -0.2) is 26.5 Å². The van der Waals surface area contributed by atoms with Gasteiger partial charge < -0.3 is 22.2 Å². The molecule has 0 aliphatic rings.